The summed E-state index contributed by atoms with van der Waals surface area (Å²) in [6, 6.07) is 7.84. The van der Waals surface area contributed by atoms with Crippen molar-refractivity contribution in [2.75, 3.05) is 5.73 Å². The van der Waals surface area contributed by atoms with Crippen LogP contribution in [0.15, 0.2) is 28.7 Å². The van der Waals surface area contributed by atoms with Crippen molar-refractivity contribution in [1.29, 1.82) is 0 Å². The number of aryl methyl sites for hydroxylation is 3. The predicted octanol–water partition coefficient (Wildman–Crippen LogP) is 3.71. The van der Waals surface area contributed by atoms with Crippen LogP contribution in [0.1, 0.15) is 51.9 Å². The molecule has 0 radical (unpaired) electrons. The molecular weight excluding hydrogens is 300 g/mol. The number of rotatable bonds is 2. The molecule has 3 rings (SSSR count). The molecule has 0 saturated heterocycles. The monoisotopic (exact) mass is 320 g/mol. The van der Waals surface area contributed by atoms with E-state index in [1.807, 2.05) is 38.1 Å². The van der Waals surface area contributed by atoms with E-state index in [-0.39, 0.29) is 24.4 Å². The summed E-state index contributed by atoms with van der Waals surface area (Å²) in [7, 11) is 0. The summed E-state index contributed by atoms with van der Waals surface area (Å²) < 4.78 is 5.49. The van der Waals surface area contributed by atoms with Crippen LogP contribution in [0.5, 0.6) is 0 Å². The van der Waals surface area contributed by atoms with Crippen LogP contribution in [0.3, 0.4) is 0 Å². The summed E-state index contributed by atoms with van der Waals surface area (Å²) in [5.74, 6) is 1.03. The SMILES string of the molecule is Cc1cc(C)c(C(=O)NC2CCCc3cc(N)ccc32)o1.Cl. The van der Waals surface area contributed by atoms with Crippen LogP contribution in [0.25, 0.3) is 0 Å². The van der Waals surface area contributed by atoms with Crippen LogP contribution in [-0.2, 0) is 6.42 Å². The van der Waals surface area contributed by atoms with Gasteiger partial charge >= 0.3 is 0 Å². The van der Waals surface area contributed by atoms with E-state index in [1.165, 1.54) is 11.1 Å². The highest BCUT2D eigenvalue weighted by atomic mass is 35.5. The normalized spacial score (nSPS) is 16.5. The average Bonchev–Trinajstić information content (AvgIpc) is 2.77. The van der Waals surface area contributed by atoms with Crippen molar-refractivity contribution in [2.45, 2.75) is 39.2 Å². The van der Waals surface area contributed by atoms with Gasteiger partial charge in [-0.3, -0.25) is 4.79 Å². The molecule has 1 amide bonds. The molecule has 1 aromatic carbocycles. The zero-order valence-corrected chi connectivity index (χ0v) is 13.6. The van der Waals surface area contributed by atoms with Crippen LogP contribution in [0.4, 0.5) is 5.69 Å². The molecule has 1 unspecified atom stereocenters. The lowest BCUT2D eigenvalue weighted by Gasteiger charge is -2.26. The summed E-state index contributed by atoms with van der Waals surface area (Å²) in [5, 5.41) is 3.09. The topological polar surface area (TPSA) is 68.3 Å². The molecule has 118 valence electrons. The van der Waals surface area contributed by atoms with Gasteiger partial charge in [-0.2, -0.15) is 0 Å². The van der Waals surface area contributed by atoms with Gasteiger partial charge in [-0.25, -0.2) is 0 Å². The summed E-state index contributed by atoms with van der Waals surface area (Å²) in [6.07, 6.45) is 3.02. The van der Waals surface area contributed by atoms with E-state index in [0.29, 0.717) is 5.76 Å². The Balaban J connectivity index is 0.00000176. The number of nitrogen functional groups attached to an aromatic ring is 1. The molecule has 3 N–H and O–H groups in total. The number of anilines is 1. The van der Waals surface area contributed by atoms with Crippen molar-refractivity contribution >= 4 is 24.0 Å². The van der Waals surface area contributed by atoms with Crippen molar-refractivity contribution in [3.05, 3.63) is 52.5 Å². The van der Waals surface area contributed by atoms with E-state index in [0.717, 1.165) is 36.3 Å². The first-order valence-electron chi connectivity index (χ1n) is 7.31. The number of hydrogen-bond acceptors (Lipinski definition) is 3. The fourth-order valence-corrected chi connectivity index (χ4v) is 3.07. The van der Waals surface area contributed by atoms with E-state index in [9.17, 15) is 4.79 Å². The number of nitrogens with one attached hydrogen (secondary N) is 1. The first-order valence-corrected chi connectivity index (χ1v) is 7.31. The van der Waals surface area contributed by atoms with E-state index in [4.69, 9.17) is 10.2 Å². The number of fused-ring (bicyclic) bond motifs is 1. The Hall–Kier alpha value is -1.94. The molecule has 0 bridgehead atoms. The number of carbonyl (C=O) groups is 1. The molecule has 0 aliphatic heterocycles. The quantitative estimate of drug-likeness (QED) is 0.829. The van der Waals surface area contributed by atoms with Gasteiger partial charge in [-0.1, -0.05) is 6.07 Å². The lowest BCUT2D eigenvalue weighted by Crippen LogP contribution is -2.31. The molecule has 0 fully saturated rings. The second-order valence-corrected chi connectivity index (χ2v) is 5.75. The van der Waals surface area contributed by atoms with Gasteiger partial charge in [0.1, 0.15) is 5.76 Å². The molecule has 2 aromatic rings. The van der Waals surface area contributed by atoms with Gasteiger partial charge in [-0.15, -0.1) is 12.4 Å². The summed E-state index contributed by atoms with van der Waals surface area (Å²) in [4.78, 5) is 12.4. The maximum absolute atomic E-state index is 12.4. The molecule has 1 aliphatic rings. The Kier molecular flexibility index (Phi) is 4.81. The van der Waals surface area contributed by atoms with Crippen molar-refractivity contribution in [3.8, 4) is 0 Å². The minimum absolute atomic E-state index is 0. The van der Waals surface area contributed by atoms with Gasteiger partial charge < -0.3 is 15.5 Å². The number of furan rings is 1. The van der Waals surface area contributed by atoms with Crippen LogP contribution in [-0.4, -0.2) is 5.91 Å². The lowest BCUT2D eigenvalue weighted by molar-refractivity contribution is 0.0902. The summed E-state index contributed by atoms with van der Waals surface area (Å²) >= 11 is 0. The van der Waals surface area contributed by atoms with Crippen LogP contribution >= 0.6 is 12.4 Å². The van der Waals surface area contributed by atoms with Crippen molar-refractivity contribution in [2.24, 2.45) is 0 Å². The Bertz CT molecular complexity index is 694. The standard InChI is InChI=1S/C17H20N2O2.ClH/c1-10-8-11(2)21-16(10)17(20)19-15-5-3-4-12-9-13(18)6-7-14(12)15;/h6-9,15H,3-5,18H2,1-2H3,(H,19,20);1H. The van der Waals surface area contributed by atoms with Crippen LogP contribution < -0.4 is 11.1 Å². The highest BCUT2D eigenvalue weighted by molar-refractivity contribution is 5.93. The smallest absolute Gasteiger partial charge is 0.287 e. The number of benzene rings is 1. The molecule has 1 heterocycles. The molecular formula is C17H21ClN2O2. The first kappa shape index (κ1) is 16.4. The third-order valence-corrected chi connectivity index (χ3v) is 4.03. The zero-order chi connectivity index (χ0) is 15.0. The van der Waals surface area contributed by atoms with Gasteiger partial charge in [0.25, 0.3) is 5.91 Å². The highest BCUT2D eigenvalue weighted by Gasteiger charge is 2.24. The van der Waals surface area contributed by atoms with E-state index in [1.54, 1.807) is 0 Å². The first-order chi connectivity index (χ1) is 10.0. The Morgan fingerprint density at radius 2 is 2.09 bits per heavy atom. The van der Waals surface area contributed by atoms with E-state index < -0.39 is 0 Å². The van der Waals surface area contributed by atoms with Crippen LogP contribution in [0.2, 0.25) is 0 Å². The van der Waals surface area contributed by atoms with Crippen molar-refractivity contribution in [3.63, 3.8) is 0 Å². The fourth-order valence-electron chi connectivity index (χ4n) is 3.07. The van der Waals surface area contributed by atoms with E-state index >= 15 is 0 Å². The van der Waals surface area contributed by atoms with Gasteiger partial charge in [0.15, 0.2) is 5.76 Å². The molecule has 0 spiro atoms. The average molecular weight is 321 g/mol. The maximum Gasteiger partial charge on any atom is 0.287 e. The molecule has 0 saturated carbocycles. The molecule has 1 aromatic heterocycles. The predicted molar refractivity (Wildman–Crippen MR) is 89.4 cm³/mol. The minimum Gasteiger partial charge on any atom is -0.456 e. The number of amides is 1. The van der Waals surface area contributed by atoms with Crippen molar-refractivity contribution < 1.29 is 9.21 Å². The van der Waals surface area contributed by atoms with Crippen LogP contribution in [0, 0.1) is 13.8 Å². The number of halogens is 1. The van der Waals surface area contributed by atoms with Gasteiger partial charge in [-0.05, 0) is 62.4 Å². The molecule has 1 atom stereocenters. The highest BCUT2D eigenvalue weighted by Crippen LogP contribution is 2.31. The zero-order valence-electron chi connectivity index (χ0n) is 12.8. The molecule has 5 heteroatoms. The van der Waals surface area contributed by atoms with Crippen molar-refractivity contribution in [1.82, 2.24) is 5.32 Å². The Labute approximate surface area is 136 Å². The fraction of sp³-hybridized carbons (Fsp3) is 0.353. The second kappa shape index (κ2) is 6.44. The van der Waals surface area contributed by atoms with E-state index in [2.05, 4.69) is 5.32 Å². The lowest BCUT2D eigenvalue weighted by atomic mass is 9.87. The van der Waals surface area contributed by atoms with Gasteiger partial charge in [0.2, 0.25) is 0 Å². The minimum atomic E-state index is -0.143. The summed E-state index contributed by atoms with van der Waals surface area (Å²) in [6.45, 7) is 3.74. The molecule has 1 aliphatic carbocycles. The number of hydrogen-bond donors (Lipinski definition) is 2. The van der Waals surface area contributed by atoms with Gasteiger partial charge in [0, 0.05) is 11.3 Å². The number of nitrogens with two attached hydrogens (primary N) is 1. The maximum atomic E-state index is 12.4. The largest absolute Gasteiger partial charge is 0.456 e. The third kappa shape index (κ3) is 3.12. The number of carbonyl (C=O) groups excluding carboxylic acids is 1. The Morgan fingerprint density at radius 3 is 2.77 bits per heavy atom. The van der Waals surface area contributed by atoms with Gasteiger partial charge in [0.05, 0.1) is 6.04 Å². The summed E-state index contributed by atoms with van der Waals surface area (Å²) in [5.41, 5.74) is 9.90. The second-order valence-electron chi connectivity index (χ2n) is 5.75. The third-order valence-electron chi connectivity index (χ3n) is 4.03. The Morgan fingerprint density at radius 1 is 1.32 bits per heavy atom. The molecule has 22 heavy (non-hydrogen) atoms. The molecule has 4 nitrogen and oxygen atoms in total.